The maximum absolute atomic E-state index is 12.1. The summed E-state index contributed by atoms with van der Waals surface area (Å²) in [7, 11) is 0. The lowest BCUT2D eigenvalue weighted by Gasteiger charge is -2.06. The lowest BCUT2D eigenvalue weighted by atomic mass is 10.1. The zero-order valence-corrected chi connectivity index (χ0v) is 11.5. The van der Waals surface area contributed by atoms with Gasteiger partial charge in [-0.25, -0.2) is 4.98 Å². The number of phenols is 1. The fraction of sp³-hybridized carbons (Fsp3) is 0. The number of benzene rings is 2. The molecule has 2 aromatic carbocycles. The van der Waals surface area contributed by atoms with Crippen LogP contribution in [-0.2, 0) is 0 Å². The first-order valence-electron chi connectivity index (χ1n) is 5.73. The first kappa shape index (κ1) is 13.0. The van der Waals surface area contributed by atoms with Gasteiger partial charge in [-0.3, -0.25) is 4.79 Å². The van der Waals surface area contributed by atoms with Crippen LogP contribution in [0, 0.1) is 0 Å². The van der Waals surface area contributed by atoms with Gasteiger partial charge in [-0.15, -0.1) is 0 Å². The lowest BCUT2D eigenvalue weighted by molar-refractivity contribution is 0.477. The van der Waals surface area contributed by atoms with Crippen molar-refractivity contribution in [3.05, 3.63) is 56.8 Å². The van der Waals surface area contributed by atoms with Crippen LogP contribution in [0.25, 0.3) is 22.3 Å². The summed E-state index contributed by atoms with van der Waals surface area (Å²) in [6.45, 7) is 0. The lowest BCUT2D eigenvalue weighted by Crippen LogP contribution is -2.09. The van der Waals surface area contributed by atoms with E-state index in [-0.39, 0.29) is 17.1 Å². The second-order valence-corrected chi connectivity index (χ2v) is 5.11. The normalized spacial score (nSPS) is 10.9. The third-order valence-corrected chi connectivity index (χ3v) is 3.35. The van der Waals surface area contributed by atoms with E-state index >= 15 is 0 Å². The monoisotopic (exact) mass is 306 g/mol. The number of phenolic OH excluding ortho intramolecular Hbond substituents is 1. The van der Waals surface area contributed by atoms with Gasteiger partial charge >= 0.3 is 0 Å². The molecule has 0 bridgehead atoms. The van der Waals surface area contributed by atoms with E-state index in [1.165, 1.54) is 12.1 Å². The fourth-order valence-corrected chi connectivity index (χ4v) is 2.28. The topological polar surface area (TPSA) is 66.0 Å². The highest BCUT2D eigenvalue weighted by Crippen LogP contribution is 2.29. The molecule has 0 aliphatic heterocycles. The van der Waals surface area contributed by atoms with Gasteiger partial charge in [-0.1, -0.05) is 23.2 Å². The maximum Gasteiger partial charge on any atom is 0.259 e. The number of nitrogens with one attached hydrogen (secondary N) is 1. The molecule has 0 saturated carbocycles. The van der Waals surface area contributed by atoms with E-state index in [0.717, 1.165) is 0 Å². The van der Waals surface area contributed by atoms with Gasteiger partial charge in [0.25, 0.3) is 5.56 Å². The number of hydrogen-bond acceptors (Lipinski definition) is 3. The molecule has 0 fully saturated rings. The molecule has 1 aromatic heterocycles. The van der Waals surface area contributed by atoms with Gasteiger partial charge < -0.3 is 10.1 Å². The van der Waals surface area contributed by atoms with Gasteiger partial charge in [0.05, 0.1) is 16.5 Å². The van der Waals surface area contributed by atoms with Gasteiger partial charge in [-0.2, -0.15) is 0 Å². The van der Waals surface area contributed by atoms with Crippen molar-refractivity contribution in [2.75, 3.05) is 0 Å². The molecule has 6 heteroatoms. The Morgan fingerprint density at radius 2 is 1.75 bits per heavy atom. The molecule has 100 valence electrons. The second-order valence-electron chi connectivity index (χ2n) is 4.24. The van der Waals surface area contributed by atoms with E-state index in [2.05, 4.69) is 9.97 Å². The average Bonchev–Trinajstić information content (AvgIpc) is 2.42. The molecule has 20 heavy (non-hydrogen) atoms. The molecule has 0 unspecified atom stereocenters. The summed E-state index contributed by atoms with van der Waals surface area (Å²) >= 11 is 11.8. The molecule has 0 amide bonds. The third-order valence-electron chi connectivity index (χ3n) is 2.88. The van der Waals surface area contributed by atoms with Crippen molar-refractivity contribution in [2.45, 2.75) is 0 Å². The van der Waals surface area contributed by atoms with E-state index in [1.807, 2.05) is 0 Å². The molecule has 3 aromatic rings. The van der Waals surface area contributed by atoms with E-state index in [0.29, 0.717) is 26.5 Å². The Morgan fingerprint density at radius 1 is 1.05 bits per heavy atom. The highest BCUT2D eigenvalue weighted by atomic mass is 35.5. The molecule has 4 nitrogen and oxygen atoms in total. The first-order valence-corrected chi connectivity index (χ1v) is 6.48. The van der Waals surface area contributed by atoms with Crippen LogP contribution < -0.4 is 5.56 Å². The van der Waals surface area contributed by atoms with Gasteiger partial charge in [0, 0.05) is 10.0 Å². The molecule has 0 aliphatic rings. The van der Waals surface area contributed by atoms with Crippen LogP contribution in [0.15, 0.2) is 41.2 Å². The average molecular weight is 307 g/mol. The Bertz CT molecular complexity index is 875. The van der Waals surface area contributed by atoms with Crippen LogP contribution in [0.2, 0.25) is 10.0 Å². The first-order chi connectivity index (χ1) is 9.54. The number of H-pyrrole nitrogens is 1. The molecule has 3 rings (SSSR count). The van der Waals surface area contributed by atoms with Crippen LogP contribution in [0.1, 0.15) is 0 Å². The Hall–Kier alpha value is -2.04. The number of aromatic amines is 1. The number of aromatic nitrogens is 2. The van der Waals surface area contributed by atoms with Gasteiger partial charge in [0.2, 0.25) is 0 Å². The van der Waals surface area contributed by atoms with Crippen molar-refractivity contribution in [1.82, 2.24) is 9.97 Å². The number of rotatable bonds is 1. The van der Waals surface area contributed by atoms with Gasteiger partial charge in [-0.05, 0) is 36.4 Å². The van der Waals surface area contributed by atoms with E-state index in [1.54, 1.807) is 24.3 Å². The van der Waals surface area contributed by atoms with Crippen molar-refractivity contribution >= 4 is 34.1 Å². The minimum absolute atomic E-state index is 0.00846. The van der Waals surface area contributed by atoms with Gasteiger partial charge in [0.15, 0.2) is 0 Å². The summed E-state index contributed by atoms with van der Waals surface area (Å²) in [5.74, 6) is 0.246. The van der Waals surface area contributed by atoms with Crippen molar-refractivity contribution in [2.24, 2.45) is 0 Å². The Balaban J connectivity index is 2.30. The molecule has 0 atom stereocenters. The van der Waals surface area contributed by atoms with Crippen LogP contribution in [0.5, 0.6) is 5.75 Å². The summed E-state index contributed by atoms with van der Waals surface area (Å²) in [4.78, 5) is 19.0. The third kappa shape index (κ3) is 2.24. The van der Waals surface area contributed by atoms with Crippen molar-refractivity contribution in [3.8, 4) is 17.1 Å². The molecule has 0 spiro atoms. The Morgan fingerprint density at radius 3 is 2.55 bits per heavy atom. The highest BCUT2D eigenvalue weighted by Gasteiger charge is 2.10. The number of hydrogen-bond donors (Lipinski definition) is 2. The predicted molar refractivity (Wildman–Crippen MR) is 79.5 cm³/mol. The Kier molecular flexibility index (Phi) is 3.12. The largest absolute Gasteiger partial charge is 0.507 e. The van der Waals surface area contributed by atoms with Crippen LogP contribution in [0.4, 0.5) is 0 Å². The standard InChI is InChI=1S/C14H8Cl2N2O2/c15-7-1-3-11-9(5-7)14(20)18-13(17-11)10-6-8(16)2-4-12(10)19/h1-6,19H,(H,17,18,20). The van der Waals surface area contributed by atoms with E-state index in [9.17, 15) is 9.90 Å². The number of nitrogens with zero attached hydrogens (tertiary/aromatic N) is 1. The summed E-state index contributed by atoms with van der Waals surface area (Å²) in [5, 5.41) is 11.1. The Labute approximate surface area is 123 Å². The van der Waals surface area contributed by atoms with E-state index in [4.69, 9.17) is 23.2 Å². The zero-order valence-electron chi connectivity index (χ0n) is 10.0. The quantitative estimate of drug-likeness (QED) is 0.722. The van der Waals surface area contributed by atoms with Gasteiger partial charge in [0.1, 0.15) is 11.6 Å². The summed E-state index contributed by atoms with van der Waals surface area (Å²) < 4.78 is 0. The zero-order chi connectivity index (χ0) is 14.3. The van der Waals surface area contributed by atoms with Crippen molar-refractivity contribution in [1.29, 1.82) is 0 Å². The minimum Gasteiger partial charge on any atom is -0.507 e. The van der Waals surface area contributed by atoms with Crippen molar-refractivity contribution < 1.29 is 5.11 Å². The molecule has 2 N–H and O–H groups in total. The number of fused-ring (bicyclic) bond motifs is 1. The smallest absolute Gasteiger partial charge is 0.259 e. The molecule has 0 aliphatic carbocycles. The van der Waals surface area contributed by atoms with Crippen molar-refractivity contribution in [3.63, 3.8) is 0 Å². The molecule has 0 radical (unpaired) electrons. The summed E-state index contributed by atoms with van der Waals surface area (Å²) in [6, 6.07) is 9.39. The van der Waals surface area contributed by atoms with Crippen LogP contribution >= 0.6 is 23.2 Å². The molecular weight excluding hydrogens is 299 g/mol. The summed E-state index contributed by atoms with van der Waals surface area (Å²) in [5.41, 5.74) is 0.533. The fourth-order valence-electron chi connectivity index (χ4n) is 1.94. The number of halogens is 2. The molecule has 0 saturated heterocycles. The molecular formula is C14H8Cl2N2O2. The minimum atomic E-state index is -0.327. The molecule has 1 heterocycles. The number of aromatic hydroxyl groups is 1. The van der Waals surface area contributed by atoms with Crippen LogP contribution in [0.3, 0.4) is 0 Å². The second kappa shape index (κ2) is 4.81. The summed E-state index contributed by atoms with van der Waals surface area (Å²) in [6.07, 6.45) is 0. The van der Waals surface area contributed by atoms with E-state index < -0.39 is 0 Å². The maximum atomic E-state index is 12.1. The SMILES string of the molecule is O=c1[nH]c(-c2cc(Cl)ccc2O)nc2ccc(Cl)cc12. The predicted octanol–water partition coefficient (Wildman–Crippen LogP) is 3.60. The van der Waals surface area contributed by atoms with Crippen LogP contribution in [-0.4, -0.2) is 15.1 Å². The highest BCUT2D eigenvalue weighted by molar-refractivity contribution is 6.31.